The molecule has 0 atom stereocenters. The zero-order valence-electron chi connectivity index (χ0n) is 8.12. The van der Waals surface area contributed by atoms with E-state index in [0.717, 1.165) is 0 Å². The van der Waals surface area contributed by atoms with E-state index in [1.807, 2.05) is 0 Å². The van der Waals surface area contributed by atoms with Crippen molar-refractivity contribution < 1.29 is 17.9 Å². The number of hydrogen-bond acceptors (Lipinski definition) is 3. The molecule has 86 valence electrons. The van der Waals surface area contributed by atoms with Crippen LogP contribution in [0.5, 0.6) is 5.75 Å². The van der Waals surface area contributed by atoms with Gasteiger partial charge in [-0.25, -0.2) is 4.99 Å². The number of hydrogen-bond donors (Lipinski definition) is 0. The molecule has 0 aromatic heterocycles. The molecule has 0 amide bonds. The van der Waals surface area contributed by atoms with E-state index in [1.54, 1.807) is 12.1 Å². The molecule has 1 aromatic carbocycles. The third-order valence-corrected chi connectivity index (χ3v) is 1.88. The van der Waals surface area contributed by atoms with E-state index >= 15 is 0 Å². The molecule has 6 heteroatoms. The van der Waals surface area contributed by atoms with Crippen LogP contribution in [0.2, 0.25) is 0 Å². The lowest BCUT2D eigenvalue weighted by Gasteiger charge is -2.12. The van der Waals surface area contributed by atoms with E-state index in [0.29, 0.717) is 18.5 Å². The van der Waals surface area contributed by atoms with Gasteiger partial charge in [0, 0.05) is 0 Å². The lowest BCUT2D eigenvalue weighted by Crippen LogP contribution is -2.18. The highest BCUT2D eigenvalue weighted by atomic mass is 32.1. The van der Waals surface area contributed by atoms with Gasteiger partial charge in [-0.3, -0.25) is 0 Å². The molecular weight excluding hydrogens is 239 g/mol. The van der Waals surface area contributed by atoms with Gasteiger partial charge in [0.25, 0.3) is 0 Å². The fourth-order valence-corrected chi connectivity index (χ4v) is 1.25. The smallest absolute Gasteiger partial charge is 0.406 e. The second-order valence-electron chi connectivity index (χ2n) is 2.88. The van der Waals surface area contributed by atoms with Crippen molar-refractivity contribution in [2.45, 2.75) is 12.8 Å². The molecule has 2 nitrogen and oxygen atoms in total. The Balaban J connectivity index is 2.79. The van der Waals surface area contributed by atoms with Gasteiger partial charge in [-0.15, -0.1) is 13.2 Å². The van der Waals surface area contributed by atoms with Crippen LogP contribution in [-0.2, 0) is 6.42 Å². The molecule has 0 heterocycles. The highest BCUT2D eigenvalue weighted by Crippen LogP contribution is 2.26. The topological polar surface area (TPSA) is 21.6 Å². The van der Waals surface area contributed by atoms with Crippen molar-refractivity contribution in [2.75, 3.05) is 6.54 Å². The Kier molecular flexibility index (Phi) is 4.46. The van der Waals surface area contributed by atoms with Crippen LogP contribution in [0.3, 0.4) is 0 Å². The molecule has 0 bridgehead atoms. The average Bonchev–Trinajstić information content (AvgIpc) is 2.19. The van der Waals surface area contributed by atoms with Crippen molar-refractivity contribution in [1.82, 2.24) is 0 Å². The number of ether oxygens (including phenoxy) is 1. The first-order chi connectivity index (χ1) is 7.53. The van der Waals surface area contributed by atoms with Crippen molar-refractivity contribution in [3.05, 3.63) is 29.8 Å². The van der Waals surface area contributed by atoms with Crippen molar-refractivity contribution in [3.63, 3.8) is 0 Å². The maximum Gasteiger partial charge on any atom is 0.573 e. The van der Waals surface area contributed by atoms with Crippen LogP contribution in [0.4, 0.5) is 13.2 Å². The molecule has 0 spiro atoms. The highest BCUT2D eigenvalue weighted by Gasteiger charge is 2.31. The van der Waals surface area contributed by atoms with Gasteiger partial charge >= 0.3 is 6.36 Å². The molecule has 0 fully saturated rings. The molecular formula is C10H8F3NOS. The van der Waals surface area contributed by atoms with Crippen LogP contribution in [0, 0.1) is 0 Å². The number of isothiocyanates is 1. The second kappa shape index (κ2) is 5.63. The normalized spacial score (nSPS) is 10.7. The molecule has 0 aliphatic carbocycles. The van der Waals surface area contributed by atoms with Gasteiger partial charge in [-0.05, 0) is 30.3 Å². The molecule has 1 rings (SSSR count). The molecule has 1 aromatic rings. The quantitative estimate of drug-likeness (QED) is 0.601. The number of para-hydroxylation sites is 1. The molecule has 0 aliphatic heterocycles. The van der Waals surface area contributed by atoms with Gasteiger partial charge in [0.05, 0.1) is 11.7 Å². The van der Waals surface area contributed by atoms with Crippen LogP contribution in [0.15, 0.2) is 29.3 Å². The van der Waals surface area contributed by atoms with Crippen LogP contribution in [0.25, 0.3) is 0 Å². The average molecular weight is 247 g/mol. The number of rotatable bonds is 4. The van der Waals surface area contributed by atoms with Crippen molar-refractivity contribution in [1.29, 1.82) is 0 Å². The number of aliphatic imine (C=N–C) groups is 1. The van der Waals surface area contributed by atoms with Gasteiger partial charge < -0.3 is 4.74 Å². The van der Waals surface area contributed by atoms with E-state index in [2.05, 4.69) is 27.1 Å². The zero-order chi connectivity index (χ0) is 12.0. The van der Waals surface area contributed by atoms with Crippen LogP contribution in [0.1, 0.15) is 5.56 Å². The van der Waals surface area contributed by atoms with Crippen molar-refractivity contribution in [2.24, 2.45) is 4.99 Å². The fraction of sp³-hybridized carbons (Fsp3) is 0.300. The molecule has 0 unspecified atom stereocenters. The van der Waals surface area contributed by atoms with Crippen LogP contribution < -0.4 is 4.74 Å². The second-order valence-corrected chi connectivity index (χ2v) is 3.06. The number of thiocarbonyl (C=S) groups is 1. The molecule has 0 saturated carbocycles. The summed E-state index contributed by atoms with van der Waals surface area (Å²) >= 11 is 4.36. The third-order valence-electron chi connectivity index (χ3n) is 1.76. The summed E-state index contributed by atoms with van der Waals surface area (Å²) in [5.41, 5.74) is 0.439. The SMILES string of the molecule is FC(F)(F)Oc1ccccc1CCN=C=S. The molecule has 0 N–H and O–H groups in total. The number of benzene rings is 1. The predicted molar refractivity (Wildman–Crippen MR) is 56.7 cm³/mol. The summed E-state index contributed by atoms with van der Waals surface area (Å²) in [7, 11) is 0. The molecule has 16 heavy (non-hydrogen) atoms. The highest BCUT2D eigenvalue weighted by molar-refractivity contribution is 7.78. The first-order valence-electron chi connectivity index (χ1n) is 4.40. The Morgan fingerprint density at radius 1 is 1.31 bits per heavy atom. The lowest BCUT2D eigenvalue weighted by molar-refractivity contribution is -0.274. The number of nitrogens with zero attached hydrogens (tertiary/aromatic N) is 1. The number of alkyl halides is 3. The maximum atomic E-state index is 12.0. The Hall–Kier alpha value is -1.39. The summed E-state index contributed by atoms with van der Waals surface area (Å²) in [6.45, 7) is 0.293. The first-order valence-corrected chi connectivity index (χ1v) is 4.81. The van der Waals surface area contributed by atoms with E-state index in [4.69, 9.17) is 0 Å². The molecule has 0 saturated heterocycles. The summed E-state index contributed by atoms with van der Waals surface area (Å²) in [6.07, 6.45) is -4.35. The van der Waals surface area contributed by atoms with Crippen LogP contribution in [-0.4, -0.2) is 18.1 Å². The Labute approximate surface area is 95.8 Å². The van der Waals surface area contributed by atoms with Crippen molar-refractivity contribution >= 4 is 17.4 Å². The van der Waals surface area contributed by atoms with E-state index in [9.17, 15) is 13.2 Å². The molecule has 0 radical (unpaired) electrons. The third kappa shape index (κ3) is 4.42. The monoisotopic (exact) mass is 247 g/mol. The largest absolute Gasteiger partial charge is 0.573 e. The maximum absolute atomic E-state index is 12.0. The van der Waals surface area contributed by atoms with Gasteiger partial charge in [-0.2, -0.15) is 0 Å². The summed E-state index contributed by atoms with van der Waals surface area (Å²) < 4.78 is 40.0. The van der Waals surface area contributed by atoms with E-state index < -0.39 is 6.36 Å². The van der Waals surface area contributed by atoms with E-state index in [1.165, 1.54) is 12.1 Å². The molecule has 0 aliphatic rings. The fourth-order valence-electron chi connectivity index (χ4n) is 1.16. The first kappa shape index (κ1) is 12.7. The Morgan fingerprint density at radius 2 is 2.00 bits per heavy atom. The number of halogens is 3. The predicted octanol–water partition coefficient (Wildman–Crippen LogP) is 3.23. The van der Waals surface area contributed by atoms with Crippen LogP contribution >= 0.6 is 12.2 Å². The summed E-state index contributed by atoms with van der Waals surface area (Å²) in [4.78, 5) is 3.63. The van der Waals surface area contributed by atoms with Crippen molar-refractivity contribution in [3.8, 4) is 5.75 Å². The lowest BCUT2D eigenvalue weighted by atomic mass is 10.1. The van der Waals surface area contributed by atoms with Gasteiger partial charge in [0.1, 0.15) is 5.75 Å². The van der Waals surface area contributed by atoms with E-state index in [-0.39, 0.29) is 5.75 Å². The minimum absolute atomic E-state index is 0.199. The van der Waals surface area contributed by atoms with Gasteiger partial charge in [-0.1, -0.05) is 18.2 Å². The standard InChI is InChI=1S/C10H8F3NOS/c11-10(12,13)15-9-4-2-1-3-8(9)5-6-14-7-16/h1-4H,5-6H2. The Morgan fingerprint density at radius 3 is 2.62 bits per heavy atom. The summed E-state index contributed by atoms with van der Waals surface area (Å²) in [6, 6.07) is 5.94. The zero-order valence-corrected chi connectivity index (χ0v) is 8.94. The summed E-state index contributed by atoms with van der Waals surface area (Å²) in [5, 5.41) is 2.15. The Bertz CT molecular complexity index is 399. The minimum atomic E-state index is -4.68. The van der Waals surface area contributed by atoms with Gasteiger partial charge in [0.15, 0.2) is 0 Å². The minimum Gasteiger partial charge on any atom is -0.406 e. The van der Waals surface area contributed by atoms with Gasteiger partial charge in [0.2, 0.25) is 0 Å². The summed E-state index contributed by atoms with van der Waals surface area (Å²) in [5.74, 6) is -0.199.